The van der Waals surface area contributed by atoms with Crippen molar-refractivity contribution in [2.45, 2.75) is 26.2 Å². The van der Waals surface area contributed by atoms with Gasteiger partial charge in [-0.05, 0) is 37.0 Å². The normalized spacial score (nSPS) is 15.2. The Morgan fingerprint density at radius 3 is 2.65 bits per heavy atom. The Hall–Kier alpha value is -2.90. The highest BCUT2D eigenvalue weighted by atomic mass is 16.6. The molecule has 1 aliphatic rings. The second-order valence-electron chi connectivity index (χ2n) is 6.17. The minimum atomic E-state index is -0.501. The average molecular weight is 361 g/mol. The number of carbonyl (C=O) groups excluding carboxylic acids is 2. The molecule has 0 radical (unpaired) electrons. The topological polar surface area (TPSA) is 116 Å². The quantitative estimate of drug-likeness (QED) is 0.454. The number of nitro benzene ring substituents is 1. The van der Waals surface area contributed by atoms with Crippen molar-refractivity contribution >= 4 is 23.6 Å². The first kappa shape index (κ1) is 19.4. The summed E-state index contributed by atoms with van der Waals surface area (Å²) in [5.41, 5.74) is 5.70. The van der Waals surface area contributed by atoms with Gasteiger partial charge in [0.2, 0.25) is 11.8 Å². The molecule has 0 saturated carbocycles. The maximum absolute atomic E-state index is 12.2. The van der Waals surface area contributed by atoms with Gasteiger partial charge in [0, 0.05) is 31.1 Å². The second-order valence-corrected chi connectivity index (χ2v) is 6.17. The second kappa shape index (κ2) is 8.98. The molecule has 26 heavy (non-hydrogen) atoms. The minimum absolute atomic E-state index is 0.129. The van der Waals surface area contributed by atoms with Crippen LogP contribution in [0.3, 0.4) is 0 Å². The van der Waals surface area contributed by atoms with Crippen LogP contribution < -0.4 is 10.5 Å². The summed E-state index contributed by atoms with van der Waals surface area (Å²) < 4.78 is 5.37. The standard InChI is InChI=1S/C18H23N3O5/c1-2-11-26-16-5-3-13(12-15(16)21(24)25)4-6-17(22)20-9-7-14(8-10-20)18(19)23/h3-6,12,14H,2,7-11H2,1H3,(H2,19,23)/b6-4+. The van der Waals surface area contributed by atoms with Gasteiger partial charge in [0.05, 0.1) is 11.5 Å². The van der Waals surface area contributed by atoms with Crippen LogP contribution >= 0.6 is 0 Å². The van der Waals surface area contributed by atoms with E-state index in [9.17, 15) is 19.7 Å². The summed E-state index contributed by atoms with van der Waals surface area (Å²) in [4.78, 5) is 35.7. The highest BCUT2D eigenvalue weighted by molar-refractivity contribution is 5.92. The Balaban J connectivity index is 2.03. The lowest BCUT2D eigenvalue weighted by atomic mass is 9.96. The van der Waals surface area contributed by atoms with E-state index in [-0.39, 0.29) is 29.2 Å². The van der Waals surface area contributed by atoms with Gasteiger partial charge in [-0.1, -0.05) is 13.0 Å². The third kappa shape index (κ3) is 5.05. The SMILES string of the molecule is CCCOc1ccc(/C=C/C(=O)N2CCC(C(N)=O)CC2)cc1[N+](=O)[O-]. The molecule has 0 unspecified atom stereocenters. The lowest BCUT2D eigenvalue weighted by molar-refractivity contribution is -0.385. The molecule has 8 nitrogen and oxygen atoms in total. The van der Waals surface area contributed by atoms with E-state index in [2.05, 4.69) is 0 Å². The molecule has 1 fully saturated rings. The van der Waals surface area contributed by atoms with Gasteiger partial charge < -0.3 is 15.4 Å². The van der Waals surface area contributed by atoms with E-state index in [1.165, 1.54) is 18.2 Å². The van der Waals surface area contributed by atoms with Crippen LogP contribution in [-0.2, 0) is 9.59 Å². The summed E-state index contributed by atoms with van der Waals surface area (Å²) in [6.45, 7) is 3.26. The van der Waals surface area contributed by atoms with Crippen molar-refractivity contribution in [1.82, 2.24) is 4.90 Å². The number of amides is 2. The first-order valence-electron chi connectivity index (χ1n) is 8.60. The summed E-state index contributed by atoms with van der Waals surface area (Å²) in [5, 5.41) is 11.2. The number of rotatable bonds is 7. The molecule has 1 saturated heterocycles. The Morgan fingerprint density at radius 2 is 2.08 bits per heavy atom. The van der Waals surface area contributed by atoms with Crippen molar-refractivity contribution < 1.29 is 19.2 Å². The first-order valence-corrected chi connectivity index (χ1v) is 8.60. The highest BCUT2D eigenvalue weighted by Gasteiger charge is 2.24. The van der Waals surface area contributed by atoms with Crippen LogP contribution in [0.4, 0.5) is 5.69 Å². The largest absolute Gasteiger partial charge is 0.487 e. The Labute approximate surface area is 151 Å². The number of carbonyl (C=O) groups is 2. The van der Waals surface area contributed by atoms with Gasteiger partial charge in [0.15, 0.2) is 5.75 Å². The Morgan fingerprint density at radius 1 is 1.38 bits per heavy atom. The zero-order chi connectivity index (χ0) is 19.1. The van der Waals surface area contributed by atoms with E-state index in [1.807, 2.05) is 6.92 Å². The molecule has 140 valence electrons. The van der Waals surface area contributed by atoms with Gasteiger partial charge in [-0.3, -0.25) is 19.7 Å². The van der Waals surface area contributed by atoms with Gasteiger partial charge in [0.1, 0.15) is 0 Å². The monoisotopic (exact) mass is 361 g/mol. The fraction of sp³-hybridized carbons (Fsp3) is 0.444. The van der Waals surface area contributed by atoms with E-state index >= 15 is 0 Å². The minimum Gasteiger partial charge on any atom is -0.487 e. The highest BCUT2D eigenvalue weighted by Crippen LogP contribution is 2.28. The van der Waals surface area contributed by atoms with Gasteiger partial charge in [-0.2, -0.15) is 0 Å². The van der Waals surface area contributed by atoms with Crippen LogP contribution in [0.5, 0.6) is 5.75 Å². The number of piperidine rings is 1. The van der Waals surface area contributed by atoms with Gasteiger partial charge in [-0.15, -0.1) is 0 Å². The number of primary amides is 1. The summed E-state index contributed by atoms with van der Waals surface area (Å²) >= 11 is 0. The van der Waals surface area contributed by atoms with E-state index in [0.717, 1.165) is 6.42 Å². The van der Waals surface area contributed by atoms with Crippen molar-refractivity contribution in [3.63, 3.8) is 0 Å². The lowest BCUT2D eigenvalue weighted by Crippen LogP contribution is -2.41. The van der Waals surface area contributed by atoms with E-state index < -0.39 is 4.92 Å². The molecule has 0 aliphatic carbocycles. The van der Waals surface area contributed by atoms with Gasteiger partial charge in [-0.25, -0.2) is 0 Å². The van der Waals surface area contributed by atoms with Crippen LogP contribution in [0, 0.1) is 16.0 Å². The first-order chi connectivity index (χ1) is 12.4. The number of nitro groups is 1. The van der Waals surface area contributed by atoms with E-state index in [0.29, 0.717) is 38.1 Å². The number of benzene rings is 1. The molecule has 0 bridgehead atoms. The number of likely N-dealkylation sites (tertiary alicyclic amines) is 1. The summed E-state index contributed by atoms with van der Waals surface area (Å²) in [6.07, 6.45) is 4.79. The number of nitrogens with zero attached hydrogens (tertiary/aromatic N) is 2. The van der Waals surface area contributed by atoms with Crippen molar-refractivity contribution in [3.8, 4) is 5.75 Å². The number of hydrogen-bond acceptors (Lipinski definition) is 5. The molecule has 2 amide bonds. The van der Waals surface area contributed by atoms with Crippen LogP contribution in [-0.4, -0.2) is 41.3 Å². The molecule has 1 heterocycles. The number of hydrogen-bond donors (Lipinski definition) is 1. The molecule has 2 N–H and O–H groups in total. The molecular weight excluding hydrogens is 338 g/mol. The van der Waals surface area contributed by atoms with Gasteiger partial charge >= 0.3 is 5.69 Å². The van der Waals surface area contributed by atoms with Gasteiger partial charge in [0.25, 0.3) is 0 Å². The fourth-order valence-corrected chi connectivity index (χ4v) is 2.77. The Bertz CT molecular complexity index is 709. The fourth-order valence-electron chi connectivity index (χ4n) is 2.77. The molecule has 1 aliphatic heterocycles. The predicted octanol–water partition coefficient (Wildman–Crippen LogP) is 2.12. The van der Waals surface area contributed by atoms with Crippen molar-refractivity contribution in [3.05, 3.63) is 40.0 Å². The molecule has 0 spiro atoms. The molecule has 8 heteroatoms. The number of nitrogens with two attached hydrogens (primary N) is 1. The van der Waals surface area contributed by atoms with Crippen LogP contribution in [0.2, 0.25) is 0 Å². The van der Waals surface area contributed by atoms with Crippen LogP contribution in [0.25, 0.3) is 6.08 Å². The van der Waals surface area contributed by atoms with Crippen LogP contribution in [0.15, 0.2) is 24.3 Å². The molecule has 2 rings (SSSR count). The third-order valence-electron chi connectivity index (χ3n) is 4.27. The summed E-state index contributed by atoms with van der Waals surface area (Å²) in [5.74, 6) is -0.484. The third-order valence-corrected chi connectivity index (χ3v) is 4.27. The van der Waals surface area contributed by atoms with E-state index in [1.54, 1.807) is 17.0 Å². The summed E-state index contributed by atoms with van der Waals surface area (Å²) in [7, 11) is 0. The van der Waals surface area contributed by atoms with Crippen LogP contribution in [0.1, 0.15) is 31.7 Å². The number of ether oxygens (including phenoxy) is 1. The average Bonchev–Trinajstić information content (AvgIpc) is 2.64. The molecule has 0 atom stereocenters. The van der Waals surface area contributed by atoms with Crippen molar-refractivity contribution in [2.75, 3.05) is 19.7 Å². The lowest BCUT2D eigenvalue weighted by Gasteiger charge is -2.29. The Kier molecular flexibility index (Phi) is 6.71. The maximum atomic E-state index is 12.2. The molecule has 1 aromatic carbocycles. The zero-order valence-corrected chi connectivity index (χ0v) is 14.7. The van der Waals surface area contributed by atoms with E-state index in [4.69, 9.17) is 10.5 Å². The molecule has 1 aromatic rings. The molecule has 0 aromatic heterocycles. The predicted molar refractivity (Wildman–Crippen MR) is 96.4 cm³/mol. The van der Waals surface area contributed by atoms with Crippen molar-refractivity contribution in [2.24, 2.45) is 11.7 Å². The smallest absolute Gasteiger partial charge is 0.311 e. The zero-order valence-electron chi connectivity index (χ0n) is 14.7. The maximum Gasteiger partial charge on any atom is 0.311 e. The van der Waals surface area contributed by atoms with Crippen molar-refractivity contribution in [1.29, 1.82) is 0 Å². The molecular formula is C18H23N3O5. The summed E-state index contributed by atoms with van der Waals surface area (Å²) in [6, 6.07) is 4.59.